The molecule has 13 heavy (non-hydrogen) atoms. The Morgan fingerprint density at radius 2 is 2.54 bits per heavy atom. The number of halogens is 1. The van der Waals surface area contributed by atoms with Gasteiger partial charge in [0.25, 0.3) is 5.19 Å². The van der Waals surface area contributed by atoms with Crippen molar-refractivity contribution >= 4 is 28.9 Å². The predicted octanol–water partition coefficient (Wildman–Crippen LogP) is 1.13. The first kappa shape index (κ1) is 9.77. The van der Waals surface area contributed by atoms with Gasteiger partial charge in [-0.2, -0.15) is 10.2 Å². The van der Waals surface area contributed by atoms with Crippen molar-refractivity contribution in [1.29, 1.82) is 5.26 Å². The molecular formula is C6H3ClN2O3S. The number of carboxylic acid groups (broad SMARTS) is 1. The van der Waals surface area contributed by atoms with Crippen LogP contribution < -0.4 is 4.74 Å². The van der Waals surface area contributed by atoms with Gasteiger partial charge in [0.2, 0.25) is 0 Å². The lowest BCUT2D eigenvalue weighted by Gasteiger charge is -1.94. The molecule has 0 fully saturated rings. The first-order valence-electron chi connectivity index (χ1n) is 3.04. The summed E-state index contributed by atoms with van der Waals surface area (Å²) in [6.07, 6.45) is 0. The van der Waals surface area contributed by atoms with E-state index in [4.69, 9.17) is 26.7 Å². The Kier molecular flexibility index (Phi) is 3.06. The summed E-state index contributed by atoms with van der Waals surface area (Å²) in [4.78, 5) is 13.7. The van der Waals surface area contributed by atoms with E-state index < -0.39 is 12.6 Å². The second kappa shape index (κ2) is 4.07. The van der Waals surface area contributed by atoms with Crippen LogP contribution in [0.4, 0.5) is 0 Å². The number of nitrogens with zero attached hydrogens (tertiary/aromatic N) is 2. The molecule has 68 valence electrons. The first-order chi connectivity index (χ1) is 6.13. The molecule has 1 heterocycles. The summed E-state index contributed by atoms with van der Waals surface area (Å²) in [5, 5.41) is 16.8. The summed E-state index contributed by atoms with van der Waals surface area (Å²) in [5.74, 6) is -1.11. The number of aliphatic carboxylic acids is 1. The second-order valence-corrected chi connectivity index (χ2v) is 3.46. The summed E-state index contributed by atoms with van der Waals surface area (Å²) >= 11 is 6.49. The van der Waals surface area contributed by atoms with Crippen molar-refractivity contribution in [3.8, 4) is 11.3 Å². The van der Waals surface area contributed by atoms with E-state index in [1.54, 1.807) is 6.07 Å². The monoisotopic (exact) mass is 218 g/mol. The summed E-state index contributed by atoms with van der Waals surface area (Å²) in [7, 11) is 0. The van der Waals surface area contributed by atoms with E-state index >= 15 is 0 Å². The Labute approximate surface area is 82.2 Å². The van der Waals surface area contributed by atoms with Gasteiger partial charge in [0.1, 0.15) is 10.4 Å². The summed E-state index contributed by atoms with van der Waals surface area (Å²) in [5.41, 5.74) is 0.0482. The maximum atomic E-state index is 10.1. The Morgan fingerprint density at radius 3 is 3.00 bits per heavy atom. The van der Waals surface area contributed by atoms with Crippen LogP contribution in [0.15, 0.2) is 0 Å². The van der Waals surface area contributed by atoms with Gasteiger partial charge >= 0.3 is 5.97 Å². The first-order valence-corrected chi connectivity index (χ1v) is 4.24. The van der Waals surface area contributed by atoms with Crippen LogP contribution in [0.3, 0.4) is 0 Å². The number of nitriles is 1. The Morgan fingerprint density at radius 1 is 1.85 bits per heavy atom. The van der Waals surface area contributed by atoms with E-state index in [1.165, 1.54) is 0 Å². The van der Waals surface area contributed by atoms with Crippen LogP contribution in [0.25, 0.3) is 0 Å². The van der Waals surface area contributed by atoms with Crippen LogP contribution in [-0.2, 0) is 4.79 Å². The molecule has 1 aromatic heterocycles. The van der Waals surface area contributed by atoms with E-state index in [-0.39, 0.29) is 15.2 Å². The van der Waals surface area contributed by atoms with Crippen molar-refractivity contribution in [2.24, 2.45) is 0 Å². The molecule has 0 amide bonds. The van der Waals surface area contributed by atoms with Crippen LogP contribution in [0, 0.1) is 11.3 Å². The van der Waals surface area contributed by atoms with E-state index in [0.717, 1.165) is 11.3 Å². The highest BCUT2D eigenvalue weighted by Gasteiger charge is 2.10. The minimum absolute atomic E-state index is 0.0482. The zero-order valence-electron chi connectivity index (χ0n) is 6.15. The number of thiazole rings is 1. The van der Waals surface area contributed by atoms with Crippen LogP contribution in [-0.4, -0.2) is 22.7 Å². The molecule has 0 saturated heterocycles. The molecule has 0 spiro atoms. The van der Waals surface area contributed by atoms with E-state index in [0.29, 0.717) is 0 Å². The van der Waals surface area contributed by atoms with Crippen LogP contribution >= 0.6 is 22.9 Å². The average molecular weight is 219 g/mol. The largest absolute Gasteiger partial charge is 0.479 e. The van der Waals surface area contributed by atoms with Crippen molar-refractivity contribution in [3.63, 3.8) is 0 Å². The van der Waals surface area contributed by atoms with Crippen LogP contribution in [0.1, 0.15) is 5.69 Å². The summed E-state index contributed by atoms with van der Waals surface area (Å²) < 4.78 is 4.90. The minimum atomic E-state index is -1.11. The molecule has 5 nitrogen and oxygen atoms in total. The molecule has 1 aromatic rings. The molecule has 0 unspecified atom stereocenters. The van der Waals surface area contributed by atoms with Crippen molar-refractivity contribution in [1.82, 2.24) is 4.98 Å². The molecule has 0 bridgehead atoms. The van der Waals surface area contributed by atoms with Crippen LogP contribution in [0.5, 0.6) is 5.19 Å². The molecular weight excluding hydrogens is 216 g/mol. The molecule has 0 atom stereocenters. The normalized spacial score (nSPS) is 9.23. The zero-order valence-corrected chi connectivity index (χ0v) is 7.72. The van der Waals surface area contributed by atoms with Gasteiger partial charge in [0, 0.05) is 0 Å². The molecule has 0 aromatic carbocycles. The summed E-state index contributed by atoms with van der Waals surface area (Å²) in [6, 6.07) is 1.74. The lowest BCUT2D eigenvalue weighted by Crippen LogP contribution is -2.09. The predicted molar refractivity (Wildman–Crippen MR) is 45.0 cm³/mol. The molecule has 0 aliphatic heterocycles. The molecule has 0 aliphatic carbocycles. The smallest absolute Gasteiger partial charge is 0.341 e. The molecule has 0 radical (unpaired) electrons. The average Bonchev–Trinajstić information content (AvgIpc) is 2.43. The SMILES string of the molecule is N#Cc1nc(OCC(=O)O)sc1Cl. The summed E-state index contributed by atoms with van der Waals surface area (Å²) in [6.45, 7) is -0.491. The molecule has 1 N–H and O–H groups in total. The fraction of sp³-hybridized carbons (Fsp3) is 0.167. The second-order valence-electron chi connectivity index (χ2n) is 1.90. The third-order valence-corrected chi connectivity index (χ3v) is 2.16. The van der Waals surface area contributed by atoms with Crippen molar-refractivity contribution in [2.45, 2.75) is 0 Å². The van der Waals surface area contributed by atoms with Gasteiger partial charge in [0.15, 0.2) is 12.3 Å². The van der Waals surface area contributed by atoms with Gasteiger partial charge in [-0.25, -0.2) is 4.79 Å². The highest BCUT2D eigenvalue weighted by atomic mass is 35.5. The van der Waals surface area contributed by atoms with Gasteiger partial charge in [-0.05, 0) is 0 Å². The van der Waals surface area contributed by atoms with Gasteiger partial charge in [-0.3, -0.25) is 0 Å². The molecule has 0 saturated carbocycles. The number of ether oxygens (including phenoxy) is 1. The van der Waals surface area contributed by atoms with Crippen LogP contribution in [0.2, 0.25) is 4.34 Å². The third-order valence-electron chi connectivity index (χ3n) is 0.991. The van der Waals surface area contributed by atoms with E-state index in [9.17, 15) is 4.79 Å². The fourth-order valence-electron chi connectivity index (χ4n) is 0.537. The number of hydrogen-bond donors (Lipinski definition) is 1. The quantitative estimate of drug-likeness (QED) is 0.822. The van der Waals surface area contributed by atoms with Crippen molar-refractivity contribution in [3.05, 3.63) is 10.0 Å². The van der Waals surface area contributed by atoms with Gasteiger partial charge < -0.3 is 9.84 Å². The van der Waals surface area contributed by atoms with Gasteiger partial charge in [-0.1, -0.05) is 22.9 Å². The molecule has 1 rings (SSSR count). The van der Waals surface area contributed by atoms with Crippen molar-refractivity contribution in [2.75, 3.05) is 6.61 Å². The number of hydrogen-bond acceptors (Lipinski definition) is 5. The van der Waals surface area contributed by atoms with Gasteiger partial charge in [-0.15, -0.1) is 0 Å². The van der Waals surface area contributed by atoms with Gasteiger partial charge in [0.05, 0.1) is 0 Å². The molecule has 7 heteroatoms. The topological polar surface area (TPSA) is 83.2 Å². The standard InChI is InChI=1S/C6H3ClN2O3S/c7-5-3(1-8)9-6(13-5)12-2-4(10)11/h2H2,(H,10,11). The molecule has 0 aliphatic rings. The Bertz CT molecular complexity index is 370. The number of carboxylic acids is 1. The van der Waals surface area contributed by atoms with E-state index in [1.807, 2.05) is 0 Å². The maximum Gasteiger partial charge on any atom is 0.341 e. The number of rotatable bonds is 3. The highest BCUT2D eigenvalue weighted by molar-refractivity contribution is 7.17. The third kappa shape index (κ3) is 2.57. The Hall–Kier alpha value is -1.32. The highest BCUT2D eigenvalue weighted by Crippen LogP contribution is 2.28. The van der Waals surface area contributed by atoms with E-state index in [2.05, 4.69) is 4.98 Å². The lowest BCUT2D eigenvalue weighted by molar-refractivity contribution is -0.139. The Balaban J connectivity index is 2.69. The lowest BCUT2D eigenvalue weighted by atomic mass is 10.6. The number of carbonyl (C=O) groups is 1. The fourth-order valence-corrected chi connectivity index (χ4v) is 1.42. The van der Waals surface area contributed by atoms with Crippen molar-refractivity contribution < 1.29 is 14.6 Å². The number of aromatic nitrogens is 1. The minimum Gasteiger partial charge on any atom is -0.479 e. The maximum absolute atomic E-state index is 10.1. The zero-order chi connectivity index (χ0) is 9.84.